The molecule has 0 radical (unpaired) electrons. The summed E-state index contributed by atoms with van der Waals surface area (Å²) in [5, 5.41) is 3.56. The van der Waals surface area contributed by atoms with E-state index in [4.69, 9.17) is 4.74 Å². The molecule has 0 saturated carbocycles. The van der Waals surface area contributed by atoms with Crippen LogP contribution in [0.4, 0.5) is 0 Å². The van der Waals surface area contributed by atoms with Crippen molar-refractivity contribution < 1.29 is 4.74 Å². The summed E-state index contributed by atoms with van der Waals surface area (Å²) >= 11 is 0. The summed E-state index contributed by atoms with van der Waals surface area (Å²) < 4.78 is 5.44. The molecule has 0 amide bonds. The van der Waals surface area contributed by atoms with E-state index in [0.717, 1.165) is 24.7 Å². The molecule has 0 spiro atoms. The Morgan fingerprint density at radius 2 is 2.06 bits per heavy atom. The Morgan fingerprint density at radius 3 is 2.62 bits per heavy atom. The van der Waals surface area contributed by atoms with Gasteiger partial charge in [-0.05, 0) is 49.9 Å². The summed E-state index contributed by atoms with van der Waals surface area (Å²) in [6.07, 6.45) is 2.44. The monoisotopic (exact) mass is 219 g/mol. The number of ether oxygens (including phenoxy) is 1. The Balaban J connectivity index is 1.94. The molecule has 1 aliphatic rings. The van der Waals surface area contributed by atoms with E-state index in [1.807, 2.05) is 6.92 Å². The molecule has 1 aliphatic heterocycles. The predicted molar refractivity (Wildman–Crippen MR) is 66.9 cm³/mol. The summed E-state index contributed by atoms with van der Waals surface area (Å²) in [6, 6.07) is 9.14. The van der Waals surface area contributed by atoms with E-state index < -0.39 is 0 Å². The van der Waals surface area contributed by atoms with Crippen molar-refractivity contribution in [2.24, 2.45) is 5.92 Å². The van der Waals surface area contributed by atoms with Gasteiger partial charge in [-0.15, -0.1) is 0 Å². The maximum atomic E-state index is 5.44. The van der Waals surface area contributed by atoms with Crippen molar-refractivity contribution in [3.63, 3.8) is 0 Å². The summed E-state index contributed by atoms with van der Waals surface area (Å²) in [7, 11) is 0. The third kappa shape index (κ3) is 2.76. The summed E-state index contributed by atoms with van der Waals surface area (Å²) in [6.45, 7) is 6.25. The quantitative estimate of drug-likeness (QED) is 0.840. The minimum absolute atomic E-state index is 0.651. The van der Waals surface area contributed by atoms with Gasteiger partial charge in [0, 0.05) is 6.04 Å². The van der Waals surface area contributed by atoms with Gasteiger partial charge in [0.2, 0.25) is 0 Å². The Bertz CT molecular complexity index is 320. The molecule has 1 heterocycles. The van der Waals surface area contributed by atoms with Gasteiger partial charge in [0.25, 0.3) is 0 Å². The molecule has 1 saturated heterocycles. The lowest BCUT2D eigenvalue weighted by Gasteiger charge is -2.15. The van der Waals surface area contributed by atoms with Crippen LogP contribution >= 0.6 is 0 Å². The van der Waals surface area contributed by atoms with E-state index in [1.54, 1.807) is 0 Å². The molecule has 88 valence electrons. The Morgan fingerprint density at radius 1 is 1.31 bits per heavy atom. The lowest BCUT2D eigenvalue weighted by molar-refractivity contribution is 0.340. The zero-order valence-electron chi connectivity index (χ0n) is 10.2. The van der Waals surface area contributed by atoms with Crippen LogP contribution in [0.15, 0.2) is 24.3 Å². The normalized spacial score (nSPS) is 24.6. The molecule has 2 heteroatoms. The van der Waals surface area contributed by atoms with Gasteiger partial charge in [-0.1, -0.05) is 19.1 Å². The third-order valence-electron chi connectivity index (χ3n) is 3.38. The smallest absolute Gasteiger partial charge is 0.119 e. The van der Waals surface area contributed by atoms with Gasteiger partial charge in [-0.2, -0.15) is 0 Å². The second-order valence-corrected chi connectivity index (χ2v) is 4.61. The summed E-state index contributed by atoms with van der Waals surface area (Å²) in [5.74, 6) is 1.77. The van der Waals surface area contributed by atoms with Crippen LogP contribution < -0.4 is 10.1 Å². The molecule has 1 aromatic rings. The molecular weight excluding hydrogens is 198 g/mol. The highest BCUT2D eigenvalue weighted by Crippen LogP contribution is 2.20. The number of nitrogens with one attached hydrogen (secondary N) is 1. The molecule has 0 aromatic heterocycles. The van der Waals surface area contributed by atoms with Crippen molar-refractivity contribution >= 4 is 0 Å². The SMILES string of the molecule is CCOc1ccc(C[C@@H]2NCC[C@H]2C)cc1. The van der Waals surface area contributed by atoms with Crippen molar-refractivity contribution in [2.45, 2.75) is 32.7 Å². The van der Waals surface area contributed by atoms with Crippen LogP contribution in [0.25, 0.3) is 0 Å². The zero-order chi connectivity index (χ0) is 11.4. The van der Waals surface area contributed by atoms with E-state index in [9.17, 15) is 0 Å². The molecule has 16 heavy (non-hydrogen) atoms. The first-order valence-electron chi connectivity index (χ1n) is 6.24. The maximum Gasteiger partial charge on any atom is 0.119 e. The molecule has 0 bridgehead atoms. The van der Waals surface area contributed by atoms with E-state index in [0.29, 0.717) is 6.04 Å². The van der Waals surface area contributed by atoms with Crippen molar-refractivity contribution in [1.29, 1.82) is 0 Å². The van der Waals surface area contributed by atoms with Gasteiger partial charge in [0.05, 0.1) is 6.61 Å². The third-order valence-corrected chi connectivity index (χ3v) is 3.38. The van der Waals surface area contributed by atoms with Crippen LogP contribution in [0.3, 0.4) is 0 Å². The highest BCUT2D eigenvalue weighted by Gasteiger charge is 2.22. The number of rotatable bonds is 4. The topological polar surface area (TPSA) is 21.3 Å². The van der Waals surface area contributed by atoms with Gasteiger partial charge in [0.15, 0.2) is 0 Å². The van der Waals surface area contributed by atoms with Crippen molar-refractivity contribution in [1.82, 2.24) is 5.32 Å². The first-order valence-corrected chi connectivity index (χ1v) is 6.24. The molecule has 1 N–H and O–H groups in total. The fourth-order valence-corrected chi connectivity index (χ4v) is 2.31. The average Bonchev–Trinajstić information content (AvgIpc) is 2.68. The van der Waals surface area contributed by atoms with Crippen LogP contribution in [-0.4, -0.2) is 19.2 Å². The molecule has 0 unspecified atom stereocenters. The first kappa shape index (κ1) is 11.5. The molecule has 2 atom stereocenters. The fourth-order valence-electron chi connectivity index (χ4n) is 2.31. The van der Waals surface area contributed by atoms with Crippen LogP contribution in [-0.2, 0) is 6.42 Å². The lowest BCUT2D eigenvalue weighted by atomic mass is 9.96. The maximum absolute atomic E-state index is 5.44. The minimum Gasteiger partial charge on any atom is -0.494 e. The minimum atomic E-state index is 0.651. The molecule has 2 nitrogen and oxygen atoms in total. The van der Waals surface area contributed by atoms with Crippen LogP contribution in [0, 0.1) is 5.92 Å². The molecule has 0 aliphatic carbocycles. The van der Waals surface area contributed by atoms with E-state index >= 15 is 0 Å². The number of benzene rings is 1. The number of hydrogen-bond acceptors (Lipinski definition) is 2. The Labute approximate surface area is 98.0 Å². The Hall–Kier alpha value is -1.02. The van der Waals surface area contributed by atoms with Gasteiger partial charge in [-0.3, -0.25) is 0 Å². The standard InChI is InChI=1S/C14H21NO/c1-3-16-13-6-4-12(5-7-13)10-14-11(2)8-9-15-14/h4-7,11,14-15H,3,8-10H2,1-2H3/t11-,14+/m1/s1. The molecule has 2 rings (SSSR count). The van der Waals surface area contributed by atoms with E-state index in [-0.39, 0.29) is 0 Å². The van der Waals surface area contributed by atoms with Crippen LogP contribution in [0.5, 0.6) is 5.75 Å². The molecular formula is C14H21NO. The second kappa shape index (κ2) is 5.35. The van der Waals surface area contributed by atoms with Gasteiger partial charge < -0.3 is 10.1 Å². The highest BCUT2D eigenvalue weighted by molar-refractivity contribution is 5.28. The van der Waals surface area contributed by atoms with Crippen molar-refractivity contribution in [2.75, 3.05) is 13.2 Å². The molecule has 1 aromatic carbocycles. The first-order chi connectivity index (χ1) is 7.79. The average molecular weight is 219 g/mol. The number of hydrogen-bond donors (Lipinski definition) is 1. The van der Waals surface area contributed by atoms with Gasteiger partial charge >= 0.3 is 0 Å². The zero-order valence-corrected chi connectivity index (χ0v) is 10.2. The van der Waals surface area contributed by atoms with Crippen LogP contribution in [0.1, 0.15) is 25.8 Å². The van der Waals surface area contributed by atoms with Crippen molar-refractivity contribution in [3.8, 4) is 5.75 Å². The summed E-state index contributed by atoms with van der Waals surface area (Å²) in [5.41, 5.74) is 1.40. The Kier molecular flexibility index (Phi) is 3.83. The van der Waals surface area contributed by atoms with Crippen LogP contribution in [0.2, 0.25) is 0 Å². The van der Waals surface area contributed by atoms with Gasteiger partial charge in [-0.25, -0.2) is 0 Å². The fraction of sp³-hybridized carbons (Fsp3) is 0.571. The largest absolute Gasteiger partial charge is 0.494 e. The second-order valence-electron chi connectivity index (χ2n) is 4.61. The highest BCUT2D eigenvalue weighted by atomic mass is 16.5. The molecule has 1 fully saturated rings. The van der Waals surface area contributed by atoms with E-state index in [2.05, 4.69) is 36.5 Å². The lowest BCUT2D eigenvalue weighted by Crippen LogP contribution is -2.27. The van der Waals surface area contributed by atoms with Gasteiger partial charge in [0.1, 0.15) is 5.75 Å². The van der Waals surface area contributed by atoms with Crippen molar-refractivity contribution in [3.05, 3.63) is 29.8 Å². The van der Waals surface area contributed by atoms with E-state index in [1.165, 1.54) is 18.5 Å². The summed E-state index contributed by atoms with van der Waals surface area (Å²) in [4.78, 5) is 0. The predicted octanol–water partition coefficient (Wildman–Crippen LogP) is 2.63.